The van der Waals surface area contributed by atoms with E-state index in [-0.39, 0.29) is 5.91 Å². The van der Waals surface area contributed by atoms with Crippen molar-refractivity contribution >= 4 is 23.2 Å². The fraction of sp³-hybridized carbons (Fsp3) is 0.533. The van der Waals surface area contributed by atoms with Crippen molar-refractivity contribution in [1.29, 1.82) is 0 Å². The number of nitrogens with zero attached hydrogens (tertiary/aromatic N) is 1. The van der Waals surface area contributed by atoms with Gasteiger partial charge in [-0.05, 0) is 36.5 Å². The van der Waals surface area contributed by atoms with Gasteiger partial charge in [0.1, 0.15) is 0 Å². The van der Waals surface area contributed by atoms with Crippen LogP contribution in [-0.2, 0) is 11.3 Å². The second kappa shape index (κ2) is 6.95. The van der Waals surface area contributed by atoms with Crippen LogP contribution in [0.4, 0.5) is 5.69 Å². The molecule has 0 aliphatic carbocycles. The standard InChI is InChI=1S/C15H22ClN3O/c1-11(20)18-10-12-4-6-19(7-5-12)15-3-2-13(9-17)8-14(15)16/h2-3,8,12H,4-7,9-10,17H2,1H3,(H,18,20). The van der Waals surface area contributed by atoms with Crippen molar-refractivity contribution in [3.8, 4) is 0 Å². The van der Waals surface area contributed by atoms with Crippen molar-refractivity contribution in [3.05, 3.63) is 28.8 Å². The number of benzene rings is 1. The smallest absolute Gasteiger partial charge is 0.216 e. The number of nitrogens with one attached hydrogen (secondary N) is 1. The summed E-state index contributed by atoms with van der Waals surface area (Å²) in [6, 6.07) is 6.03. The van der Waals surface area contributed by atoms with Gasteiger partial charge in [-0.2, -0.15) is 0 Å². The van der Waals surface area contributed by atoms with Crippen LogP contribution in [0.25, 0.3) is 0 Å². The minimum atomic E-state index is 0.0489. The summed E-state index contributed by atoms with van der Waals surface area (Å²) < 4.78 is 0. The Labute approximate surface area is 125 Å². The van der Waals surface area contributed by atoms with Gasteiger partial charge in [0, 0.05) is 33.1 Å². The lowest BCUT2D eigenvalue weighted by Crippen LogP contribution is -2.38. The number of hydrogen-bond acceptors (Lipinski definition) is 3. The summed E-state index contributed by atoms with van der Waals surface area (Å²) in [5.74, 6) is 0.616. The third-order valence-corrected chi connectivity index (χ3v) is 4.15. The van der Waals surface area contributed by atoms with Gasteiger partial charge in [0.15, 0.2) is 0 Å². The first kappa shape index (κ1) is 15.1. The van der Waals surface area contributed by atoms with Crippen LogP contribution in [0.3, 0.4) is 0 Å². The van der Waals surface area contributed by atoms with Gasteiger partial charge in [-0.3, -0.25) is 4.79 Å². The number of hydrogen-bond donors (Lipinski definition) is 2. The monoisotopic (exact) mass is 295 g/mol. The number of carbonyl (C=O) groups excluding carboxylic acids is 1. The number of amides is 1. The molecule has 1 amide bonds. The first-order chi connectivity index (χ1) is 9.60. The molecular formula is C15H22ClN3O. The highest BCUT2D eigenvalue weighted by atomic mass is 35.5. The first-order valence-electron chi connectivity index (χ1n) is 7.08. The van der Waals surface area contributed by atoms with Gasteiger partial charge in [0.2, 0.25) is 5.91 Å². The molecule has 1 aromatic carbocycles. The number of rotatable bonds is 4. The molecule has 0 radical (unpaired) electrons. The van der Waals surface area contributed by atoms with Crippen LogP contribution < -0.4 is 16.0 Å². The highest BCUT2D eigenvalue weighted by molar-refractivity contribution is 6.33. The summed E-state index contributed by atoms with van der Waals surface area (Å²) in [6.07, 6.45) is 2.16. The van der Waals surface area contributed by atoms with E-state index >= 15 is 0 Å². The predicted octanol–water partition coefficient (Wildman–Crippen LogP) is 2.15. The fourth-order valence-electron chi connectivity index (χ4n) is 2.60. The maximum absolute atomic E-state index is 10.9. The Hall–Kier alpha value is -1.26. The van der Waals surface area contributed by atoms with E-state index in [1.165, 1.54) is 0 Å². The SMILES string of the molecule is CC(=O)NCC1CCN(c2ccc(CN)cc2Cl)CC1. The Bertz CT molecular complexity index is 470. The Morgan fingerprint density at radius 3 is 2.70 bits per heavy atom. The quantitative estimate of drug-likeness (QED) is 0.895. The van der Waals surface area contributed by atoms with E-state index in [1.54, 1.807) is 6.92 Å². The molecule has 0 spiro atoms. The molecule has 4 nitrogen and oxygen atoms in total. The molecule has 0 aromatic heterocycles. The zero-order chi connectivity index (χ0) is 14.5. The van der Waals surface area contributed by atoms with Crippen LogP contribution in [0, 0.1) is 5.92 Å². The molecule has 0 bridgehead atoms. The molecule has 0 saturated carbocycles. The Morgan fingerprint density at radius 2 is 2.15 bits per heavy atom. The van der Waals surface area contributed by atoms with Crippen molar-refractivity contribution in [1.82, 2.24) is 5.32 Å². The average Bonchev–Trinajstić information content (AvgIpc) is 2.45. The molecule has 3 N–H and O–H groups in total. The highest BCUT2D eigenvalue weighted by Crippen LogP contribution is 2.30. The average molecular weight is 296 g/mol. The molecule has 2 rings (SSSR count). The normalized spacial score (nSPS) is 16.2. The molecule has 110 valence electrons. The van der Waals surface area contributed by atoms with Gasteiger partial charge in [0.05, 0.1) is 10.7 Å². The van der Waals surface area contributed by atoms with E-state index in [0.29, 0.717) is 12.5 Å². The summed E-state index contributed by atoms with van der Waals surface area (Å²) in [6.45, 7) is 4.81. The summed E-state index contributed by atoms with van der Waals surface area (Å²) in [4.78, 5) is 13.2. The fourth-order valence-corrected chi connectivity index (χ4v) is 2.92. The molecule has 1 aliphatic heterocycles. The van der Waals surface area contributed by atoms with Gasteiger partial charge in [-0.15, -0.1) is 0 Å². The summed E-state index contributed by atoms with van der Waals surface area (Å²) in [7, 11) is 0. The topological polar surface area (TPSA) is 58.4 Å². The summed E-state index contributed by atoms with van der Waals surface area (Å²) in [5, 5.41) is 3.67. The number of anilines is 1. The Balaban J connectivity index is 1.92. The van der Waals surface area contributed by atoms with Crippen LogP contribution in [-0.4, -0.2) is 25.5 Å². The zero-order valence-electron chi connectivity index (χ0n) is 11.9. The van der Waals surface area contributed by atoms with Crippen molar-refractivity contribution < 1.29 is 4.79 Å². The maximum Gasteiger partial charge on any atom is 0.216 e. The third-order valence-electron chi connectivity index (χ3n) is 3.84. The molecule has 20 heavy (non-hydrogen) atoms. The van der Waals surface area contributed by atoms with Crippen LogP contribution in [0.15, 0.2) is 18.2 Å². The molecule has 1 saturated heterocycles. The van der Waals surface area contributed by atoms with E-state index in [4.69, 9.17) is 17.3 Å². The van der Waals surface area contributed by atoms with Gasteiger partial charge < -0.3 is 16.0 Å². The second-order valence-corrected chi connectivity index (χ2v) is 5.76. The van der Waals surface area contributed by atoms with Crippen molar-refractivity contribution in [2.24, 2.45) is 11.7 Å². The molecule has 1 aromatic rings. The number of nitrogens with two attached hydrogens (primary N) is 1. The molecular weight excluding hydrogens is 274 g/mol. The summed E-state index contributed by atoms with van der Waals surface area (Å²) in [5.41, 5.74) is 7.76. The minimum absolute atomic E-state index is 0.0489. The number of carbonyl (C=O) groups is 1. The maximum atomic E-state index is 10.9. The summed E-state index contributed by atoms with van der Waals surface area (Å²) >= 11 is 6.33. The zero-order valence-corrected chi connectivity index (χ0v) is 12.6. The molecule has 1 aliphatic rings. The lowest BCUT2D eigenvalue weighted by Gasteiger charge is -2.34. The Morgan fingerprint density at radius 1 is 1.45 bits per heavy atom. The van der Waals surface area contributed by atoms with E-state index in [0.717, 1.165) is 48.7 Å². The third kappa shape index (κ3) is 3.87. The minimum Gasteiger partial charge on any atom is -0.370 e. The molecule has 0 unspecified atom stereocenters. The van der Waals surface area contributed by atoms with Crippen LogP contribution in [0.5, 0.6) is 0 Å². The van der Waals surface area contributed by atoms with E-state index in [1.807, 2.05) is 12.1 Å². The van der Waals surface area contributed by atoms with Crippen molar-refractivity contribution in [2.45, 2.75) is 26.3 Å². The van der Waals surface area contributed by atoms with Gasteiger partial charge in [-0.25, -0.2) is 0 Å². The van der Waals surface area contributed by atoms with Crippen molar-refractivity contribution in [2.75, 3.05) is 24.5 Å². The largest absolute Gasteiger partial charge is 0.370 e. The van der Waals surface area contributed by atoms with E-state index in [9.17, 15) is 4.79 Å². The van der Waals surface area contributed by atoms with E-state index < -0.39 is 0 Å². The predicted molar refractivity (Wildman–Crippen MR) is 83.0 cm³/mol. The second-order valence-electron chi connectivity index (χ2n) is 5.36. The van der Waals surface area contributed by atoms with Crippen molar-refractivity contribution in [3.63, 3.8) is 0 Å². The number of halogens is 1. The lowest BCUT2D eigenvalue weighted by molar-refractivity contribution is -0.119. The van der Waals surface area contributed by atoms with Gasteiger partial charge in [-0.1, -0.05) is 17.7 Å². The van der Waals surface area contributed by atoms with Crippen LogP contribution in [0.1, 0.15) is 25.3 Å². The van der Waals surface area contributed by atoms with E-state index in [2.05, 4.69) is 16.3 Å². The molecule has 1 fully saturated rings. The van der Waals surface area contributed by atoms with Gasteiger partial charge >= 0.3 is 0 Å². The number of piperidine rings is 1. The Kier molecular flexibility index (Phi) is 5.26. The van der Waals surface area contributed by atoms with Gasteiger partial charge in [0.25, 0.3) is 0 Å². The first-order valence-corrected chi connectivity index (χ1v) is 7.46. The van der Waals surface area contributed by atoms with Crippen LogP contribution >= 0.6 is 11.6 Å². The molecule has 5 heteroatoms. The molecule has 0 atom stereocenters. The molecule has 1 heterocycles. The highest BCUT2D eigenvalue weighted by Gasteiger charge is 2.20. The lowest BCUT2D eigenvalue weighted by atomic mass is 9.96. The van der Waals surface area contributed by atoms with Crippen LogP contribution in [0.2, 0.25) is 5.02 Å².